The minimum Gasteiger partial charge on any atom is -0.358 e. The van der Waals surface area contributed by atoms with Crippen LogP contribution < -0.4 is 4.90 Å². The Morgan fingerprint density at radius 3 is 2.64 bits per heavy atom. The smallest absolute Gasteiger partial charge is 0.162 e. The summed E-state index contributed by atoms with van der Waals surface area (Å²) in [6, 6.07) is 5.95. The van der Waals surface area contributed by atoms with Crippen LogP contribution in [0.15, 0.2) is 18.3 Å². The lowest BCUT2D eigenvalue weighted by Gasteiger charge is -2.35. The zero-order valence-electron chi connectivity index (χ0n) is 11.7. The van der Waals surface area contributed by atoms with E-state index in [0.717, 1.165) is 43.4 Å². The van der Waals surface area contributed by atoms with Gasteiger partial charge in [-0.2, -0.15) is 9.64 Å². The highest BCUT2D eigenvalue weighted by atomic mass is 35.5. The Bertz CT molecular complexity index is 686. The van der Waals surface area contributed by atoms with Crippen LogP contribution in [0.2, 0.25) is 10.2 Å². The van der Waals surface area contributed by atoms with Gasteiger partial charge in [0.1, 0.15) is 16.6 Å². The van der Waals surface area contributed by atoms with Crippen molar-refractivity contribution in [2.24, 2.45) is 0 Å². The quantitative estimate of drug-likeness (QED) is 0.848. The Kier molecular flexibility index (Phi) is 4.79. The molecule has 1 aliphatic heterocycles. The van der Waals surface area contributed by atoms with Gasteiger partial charge in [-0.05, 0) is 23.7 Å². The van der Waals surface area contributed by atoms with Crippen LogP contribution in [0.4, 0.5) is 5.00 Å². The number of pyridine rings is 1. The highest BCUT2D eigenvalue weighted by Crippen LogP contribution is 2.31. The van der Waals surface area contributed by atoms with Crippen molar-refractivity contribution in [2.45, 2.75) is 6.54 Å². The second-order valence-electron chi connectivity index (χ2n) is 5.00. The van der Waals surface area contributed by atoms with Gasteiger partial charge in [-0.1, -0.05) is 23.2 Å². The summed E-state index contributed by atoms with van der Waals surface area (Å²) in [6.07, 6.45) is 1.67. The van der Waals surface area contributed by atoms with Crippen LogP contribution in [-0.4, -0.2) is 40.4 Å². The van der Waals surface area contributed by atoms with Crippen molar-refractivity contribution in [1.29, 1.82) is 5.26 Å². The monoisotopic (exact) mass is 353 g/mol. The Hall–Kier alpha value is -1.39. The molecule has 1 aliphatic rings. The molecule has 114 valence electrons. The molecule has 0 saturated carbocycles. The van der Waals surface area contributed by atoms with Gasteiger partial charge >= 0.3 is 0 Å². The SMILES string of the molecule is N#Cc1c(Cl)nsc1N1CCN(Cc2ccc(Cl)cn2)CC1. The fraction of sp³-hybridized carbons (Fsp3) is 0.357. The number of anilines is 1. The van der Waals surface area contributed by atoms with E-state index in [9.17, 15) is 0 Å². The predicted octanol–water partition coefficient (Wildman–Crippen LogP) is 3.04. The molecule has 1 fully saturated rings. The van der Waals surface area contributed by atoms with E-state index in [1.165, 1.54) is 11.5 Å². The summed E-state index contributed by atoms with van der Waals surface area (Å²) in [5, 5.41) is 11.0. The van der Waals surface area contributed by atoms with Crippen LogP contribution >= 0.6 is 34.7 Å². The fourth-order valence-corrected chi connectivity index (χ4v) is 3.60. The minimum atomic E-state index is 0.301. The molecule has 0 atom stereocenters. The third-order valence-electron chi connectivity index (χ3n) is 3.58. The van der Waals surface area contributed by atoms with Crippen molar-refractivity contribution in [3.8, 4) is 6.07 Å². The number of aromatic nitrogens is 2. The molecular weight excluding hydrogens is 341 g/mol. The average Bonchev–Trinajstić information content (AvgIpc) is 2.91. The standard InChI is InChI=1S/C14H13Cl2N5S/c15-10-1-2-11(18-8-10)9-20-3-5-21(6-4-20)14-12(7-17)13(16)19-22-14/h1-2,8H,3-6,9H2. The normalized spacial score (nSPS) is 15.8. The number of piperazine rings is 1. The molecule has 8 heteroatoms. The van der Waals surface area contributed by atoms with Crippen molar-refractivity contribution in [3.63, 3.8) is 0 Å². The molecule has 2 aromatic rings. The van der Waals surface area contributed by atoms with Crippen LogP contribution in [0.5, 0.6) is 0 Å². The molecule has 22 heavy (non-hydrogen) atoms. The second kappa shape index (κ2) is 6.80. The van der Waals surface area contributed by atoms with Gasteiger partial charge in [0.25, 0.3) is 0 Å². The maximum Gasteiger partial charge on any atom is 0.162 e. The molecule has 1 saturated heterocycles. The van der Waals surface area contributed by atoms with Crippen LogP contribution in [0.1, 0.15) is 11.3 Å². The summed E-state index contributed by atoms with van der Waals surface area (Å²) < 4.78 is 4.06. The molecule has 0 amide bonds. The number of halogens is 2. The van der Waals surface area contributed by atoms with Crippen molar-refractivity contribution in [2.75, 3.05) is 31.1 Å². The highest BCUT2D eigenvalue weighted by molar-refractivity contribution is 7.10. The van der Waals surface area contributed by atoms with Crippen LogP contribution in [-0.2, 0) is 6.54 Å². The first-order valence-corrected chi connectivity index (χ1v) is 8.33. The molecular formula is C14H13Cl2N5S. The molecule has 0 spiro atoms. The third kappa shape index (κ3) is 3.33. The lowest BCUT2D eigenvalue weighted by molar-refractivity contribution is 0.247. The van der Waals surface area contributed by atoms with Gasteiger partial charge in [-0.25, -0.2) is 0 Å². The van der Waals surface area contributed by atoms with E-state index in [-0.39, 0.29) is 0 Å². The number of rotatable bonds is 3. The maximum absolute atomic E-state index is 9.16. The van der Waals surface area contributed by atoms with E-state index in [2.05, 4.69) is 25.2 Å². The Morgan fingerprint density at radius 1 is 1.23 bits per heavy atom. The predicted molar refractivity (Wildman–Crippen MR) is 88.6 cm³/mol. The van der Waals surface area contributed by atoms with E-state index < -0.39 is 0 Å². The Labute approximate surface area is 142 Å². The number of nitrogens with zero attached hydrogens (tertiary/aromatic N) is 5. The third-order valence-corrected chi connectivity index (χ3v) is 5.08. The maximum atomic E-state index is 9.16. The van der Waals surface area contributed by atoms with Crippen LogP contribution in [0.3, 0.4) is 0 Å². The Morgan fingerprint density at radius 2 is 2.00 bits per heavy atom. The fourth-order valence-electron chi connectivity index (χ4n) is 2.41. The first-order chi connectivity index (χ1) is 10.7. The zero-order chi connectivity index (χ0) is 15.5. The van der Waals surface area contributed by atoms with Crippen molar-refractivity contribution in [3.05, 3.63) is 39.8 Å². The highest BCUT2D eigenvalue weighted by Gasteiger charge is 2.23. The summed E-state index contributed by atoms with van der Waals surface area (Å²) >= 11 is 13.1. The molecule has 0 radical (unpaired) electrons. The molecule has 5 nitrogen and oxygen atoms in total. The Balaban J connectivity index is 1.60. The summed E-state index contributed by atoms with van der Waals surface area (Å²) in [7, 11) is 0. The molecule has 0 aromatic carbocycles. The van der Waals surface area contributed by atoms with E-state index in [4.69, 9.17) is 28.5 Å². The first kappa shape index (κ1) is 15.5. The van der Waals surface area contributed by atoms with Gasteiger partial charge in [-0.3, -0.25) is 9.88 Å². The largest absolute Gasteiger partial charge is 0.358 e. The summed E-state index contributed by atoms with van der Waals surface area (Å²) in [6.45, 7) is 4.32. The van der Waals surface area contributed by atoms with Gasteiger partial charge < -0.3 is 4.90 Å². The van der Waals surface area contributed by atoms with Gasteiger partial charge in [-0.15, -0.1) is 0 Å². The number of hydrogen-bond donors (Lipinski definition) is 0. The van der Waals surface area contributed by atoms with Gasteiger partial charge in [0.05, 0.1) is 10.7 Å². The molecule has 3 rings (SSSR count). The summed E-state index contributed by atoms with van der Waals surface area (Å²) in [5.41, 5.74) is 1.50. The van der Waals surface area contributed by atoms with E-state index in [0.29, 0.717) is 15.7 Å². The van der Waals surface area contributed by atoms with Gasteiger partial charge in [0.2, 0.25) is 0 Å². The molecule has 2 aromatic heterocycles. The molecule has 0 N–H and O–H groups in total. The van der Waals surface area contributed by atoms with E-state index in [1.807, 2.05) is 12.1 Å². The van der Waals surface area contributed by atoms with Crippen molar-refractivity contribution in [1.82, 2.24) is 14.3 Å². The number of nitriles is 1. The topological polar surface area (TPSA) is 56.1 Å². The van der Waals surface area contributed by atoms with Gasteiger partial charge in [0, 0.05) is 38.9 Å². The molecule has 0 aliphatic carbocycles. The average molecular weight is 354 g/mol. The van der Waals surface area contributed by atoms with E-state index >= 15 is 0 Å². The zero-order valence-corrected chi connectivity index (χ0v) is 14.0. The minimum absolute atomic E-state index is 0.301. The molecule has 0 unspecified atom stereocenters. The lowest BCUT2D eigenvalue weighted by Crippen LogP contribution is -2.46. The van der Waals surface area contributed by atoms with Crippen LogP contribution in [0.25, 0.3) is 0 Å². The van der Waals surface area contributed by atoms with Crippen LogP contribution in [0, 0.1) is 11.3 Å². The summed E-state index contributed by atoms with van der Waals surface area (Å²) in [5.74, 6) is 0. The molecule has 0 bridgehead atoms. The lowest BCUT2D eigenvalue weighted by atomic mass is 10.2. The summed E-state index contributed by atoms with van der Waals surface area (Å²) in [4.78, 5) is 8.83. The van der Waals surface area contributed by atoms with Crippen molar-refractivity contribution >= 4 is 39.7 Å². The van der Waals surface area contributed by atoms with Gasteiger partial charge in [0.15, 0.2) is 5.15 Å². The number of hydrogen-bond acceptors (Lipinski definition) is 6. The first-order valence-electron chi connectivity index (χ1n) is 6.80. The van der Waals surface area contributed by atoms with E-state index in [1.54, 1.807) is 6.20 Å². The second-order valence-corrected chi connectivity index (χ2v) is 6.54. The van der Waals surface area contributed by atoms with Crippen molar-refractivity contribution < 1.29 is 0 Å². The molecule has 3 heterocycles.